The SMILES string of the molecule is COc1ccc(C)cc1CN(C)C(=O)CCNC(=O)c1cccs1. The predicted molar refractivity (Wildman–Crippen MR) is 95.5 cm³/mol. The molecular formula is C18H22N2O3S. The van der Waals surface area contributed by atoms with Gasteiger partial charge in [0.15, 0.2) is 0 Å². The first-order valence-corrected chi connectivity index (χ1v) is 8.58. The molecule has 1 N–H and O–H groups in total. The minimum atomic E-state index is -0.138. The van der Waals surface area contributed by atoms with Crippen molar-refractivity contribution in [3.63, 3.8) is 0 Å². The Morgan fingerprint density at radius 2 is 2.08 bits per heavy atom. The molecular weight excluding hydrogens is 324 g/mol. The second-order valence-electron chi connectivity index (χ2n) is 5.55. The van der Waals surface area contributed by atoms with Gasteiger partial charge < -0.3 is 15.0 Å². The van der Waals surface area contributed by atoms with Crippen molar-refractivity contribution in [1.29, 1.82) is 0 Å². The Balaban J connectivity index is 1.84. The van der Waals surface area contributed by atoms with Crippen molar-refractivity contribution in [2.75, 3.05) is 20.7 Å². The number of nitrogens with zero attached hydrogens (tertiary/aromatic N) is 1. The van der Waals surface area contributed by atoms with E-state index < -0.39 is 0 Å². The maximum atomic E-state index is 12.2. The van der Waals surface area contributed by atoms with E-state index in [1.54, 1.807) is 25.1 Å². The Hall–Kier alpha value is -2.34. The fourth-order valence-corrected chi connectivity index (χ4v) is 2.98. The number of carbonyl (C=O) groups is 2. The first-order chi connectivity index (χ1) is 11.5. The van der Waals surface area contributed by atoms with E-state index in [9.17, 15) is 9.59 Å². The van der Waals surface area contributed by atoms with Gasteiger partial charge in [0.1, 0.15) is 5.75 Å². The van der Waals surface area contributed by atoms with E-state index in [0.717, 1.165) is 16.9 Å². The van der Waals surface area contributed by atoms with E-state index >= 15 is 0 Å². The van der Waals surface area contributed by atoms with Crippen LogP contribution in [0.4, 0.5) is 0 Å². The number of amides is 2. The summed E-state index contributed by atoms with van der Waals surface area (Å²) in [7, 11) is 3.38. The summed E-state index contributed by atoms with van der Waals surface area (Å²) in [6.45, 7) is 2.80. The zero-order chi connectivity index (χ0) is 17.5. The molecule has 0 radical (unpaired) electrons. The van der Waals surface area contributed by atoms with Gasteiger partial charge in [0.2, 0.25) is 5.91 Å². The van der Waals surface area contributed by atoms with E-state index in [2.05, 4.69) is 5.32 Å². The molecule has 1 heterocycles. The molecule has 0 saturated carbocycles. The van der Waals surface area contributed by atoms with Crippen molar-refractivity contribution in [3.8, 4) is 5.75 Å². The Kier molecular flexibility index (Phi) is 6.37. The number of nitrogens with one attached hydrogen (secondary N) is 1. The first kappa shape index (κ1) is 18.0. The highest BCUT2D eigenvalue weighted by molar-refractivity contribution is 7.12. The standard InChI is InChI=1S/C18H22N2O3S/c1-13-6-7-15(23-3)14(11-13)12-20(2)17(21)8-9-19-18(22)16-5-4-10-24-16/h4-7,10-11H,8-9,12H2,1-3H3,(H,19,22). The zero-order valence-electron chi connectivity index (χ0n) is 14.2. The zero-order valence-corrected chi connectivity index (χ0v) is 15.0. The van der Waals surface area contributed by atoms with Crippen molar-refractivity contribution < 1.29 is 14.3 Å². The molecule has 0 unspecified atom stereocenters. The number of thiophene rings is 1. The van der Waals surface area contributed by atoms with Crippen molar-refractivity contribution in [2.24, 2.45) is 0 Å². The summed E-state index contributed by atoms with van der Waals surface area (Å²) in [6.07, 6.45) is 0.266. The molecule has 0 saturated heterocycles. The number of hydrogen-bond acceptors (Lipinski definition) is 4. The van der Waals surface area contributed by atoms with Crippen molar-refractivity contribution in [2.45, 2.75) is 19.9 Å². The molecule has 24 heavy (non-hydrogen) atoms. The monoisotopic (exact) mass is 346 g/mol. The highest BCUT2D eigenvalue weighted by Gasteiger charge is 2.13. The van der Waals surface area contributed by atoms with E-state index in [1.807, 2.05) is 36.6 Å². The lowest BCUT2D eigenvalue weighted by atomic mass is 10.1. The molecule has 2 aromatic rings. The summed E-state index contributed by atoms with van der Waals surface area (Å²) in [4.78, 5) is 26.4. The van der Waals surface area contributed by atoms with Crippen LogP contribution in [0.15, 0.2) is 35.7 Å². The van der Waals surface area contributed by atoms with E-state index in [0.29, 0.717) is 18.0 Å². The summed E-state index contributed by atoms with van der Waals surface area (Å²) in [5.74, 6) is 0.608. The lowest BCUT2D eigenvalue weighted by Gasteiger charge is -2.19. The van der Waals surface area contributed by atoms with E-state index in [4.69, 9.17) is 4.74 Å². The van der Waals surface area contributed by atoms with Crippen LogP contribution in [0.2, 0.25) is 0 Å². The van der Waals surface area contributed by atoms with Gasteiger partial charge >= 0.3 is 0 Å². The van der Waals surface area contributed by atoms with Gasteiger partial charge in [0.05, 0.1) is 12.0 Å². The van der Waals surface area contributed by atoms with Gasteiger partial charge in [-0.25, -0.2) is 0 Å². The molecule has 6 heteroatoms. The van der Waals surface area contributed by atoms with Crippen LogP contribution < -0.4 is 10.1 Å². The second kappa shape index (κ2) is 8.49. The lowest BCUT2D eigenvalue weighted by Crippen LogP contribution is -2.31. The van der Waals surface area contributed by atoms with Crippen LogP contribution >= 0.6 is 11.3 Å². The number of benzene rings is 1. The second-order valence-corrected chi connectivity index (χ2v) is 6.50. The highest BCUT2D eigenvalue weighted by atomic mass is 32.1. The van der Waals surface area contributed by atoms with Crippen molar-refractivity contribution in [1.82, 2.24) is 10.2 Å². The third-order valence-electron chi connectivity index (χ3n) is 3.64. The van der Waals surface area contributed by atoms with Crippen LogP contribution in [-0.2, 0) is 11.3 Å². The Labute approximate surface area is 146 Å². The number of ether oxygens (including phenoxy) is 1. The predicted octanol–water partition coefficient (Wildman–Crippen LogP) is 2.84. The van der Waals surface area contributed by atoms with Gasteiger partial charge in [-0.3, -0.25) is 9.59 Å². The summed E-state index contributed by atoms with van der Waals surface area (Å²) >= 11 is 1.38. The average molecular weight is 346 g/mol. The summed E-state index contributed by atoms with van der Waals surface area (Å²) in [5, 5.41) is 4.62. The number of carbonyl (C=O) groups excluding carboxylic acids is 2. The van der Waals surface area contributed by atoms with Gasteiger partial charge in [-0.15, -0.1) is 11.3 Å². The van der Waals surface area contributed by atoms with E-state index in [1.165, 1.54) is 11.3 Å². The highest BCUT2D eigenvalue weighted by Crippen LogP contribution is 2.21. The Bertz CT molecular complexity index is 698. The van der Waals surface area contributed by atoms with Gasteiger partial charge in [-0.2, -0.15) is 0 Å². The van der Waals surface area contributed by atoms with Gasteiger partial charge in [0.25, 0.3) is 5.91 Å². The van der Waals surface area contributed by atoms with Crippen LogP contribution in [0, 0.1) is 6.92 Å². The Morgan fingerprint density at radius 1 is 1.29 bits per heavy atom. The third kappa shape index (κ3) is 4.83. The topological polar surface area (TPSA) is 58.6 Å². The smallest absolute Gasteiger partial charge is 0.261 e. The van der Waals surface area contributed by atoms with Crippen LogP contribution in [0.5, 0.6) is 5.75 Å². The quantitative estimate of drug-likeness (QED) is 0.839. The van der Waals surface area contributed by atoms with Crippen LogP contribution in [-0.4, -0.2) is 37.4 Å². The fraction of sp³-hybridized carbons (Fsp3) is 0.333. The average Bonchev–Trinajstić information content (AvgIpc) is 3.09. The summed E-state index contributed by atoms with van der Waals surface area (Å²) < 4.78 is 5.34. The summed E-state index contributed by atoms with van der Waals surface area (Å²) in [5.41, 5.74) is 2.09. The molecule has 128 valence electrons. The number of aryl methyl sites for hydroxylation is 1. The molecule has 0 aliphatic rings. The molecule has 0 fully saturated rings. The molecule has 1 aromatic heterocycles. The maximum absolute atomic E-state index is 12.2. The number of hydrogen-bond donors (Lipinski definition) is 1. The largest absolute Gasteiger partial charge is 0.496 e. The molecule has 1 aromatic carbocycles. The fourth-order valence-electron chi connectivity index (χ4n) is 2.34. The minimum Gasteiger partial charge on any atom is -0.496 e. The minimum absolute atomic E-state index is 0.0231. The molecule has 2 rings (SSSR count). The van der Waals surface area contributed by atoms with Crippen molar-refractivity contribution >= 4 is 23.2 Å². The molecule has 5 nitrogen and oxygen atoms in total. The van der Waals surface area contributed by atoms with Gasteiger partial charge in [0, 0.05) is 32.1 Å². The van der Waals surface area contributed by atoms with Gasteiger partial charge in [-0.05, 0) is 24.4 Å². The van der Waals surface area contributed by atoms with Crippen LogP contribution in [0.3, 0.4) is 0 Å². The normalized spacial score (nSPS) is 10.3. The number of methoxy groups -OCH3 is 1. The third-order valence-corrected chi connectivity index (χ3v) is 4.51. The number of rotatable bonds is 7. The molecule has 0 atom stereocenters. The van der Waals surface area contributed by atoms with E-state index in [-0.39, 0.29) is 18.2 Å². The maximum Gasteiger partial charge on any atom is 0.261 e. The molecule has 0 aliphatic carbocycles. The Morgan fingerprint density at radius 3 is 2.75 bits per heavy atom. The summed E-state index contributed by atoms with van der Waals surface area (Å²) in [6, 6.07) is 9.49. The van der Waals surface area contributed by atoms with Crippen molar-refractivity contribution in [3.05, 3.63) is 51.7 Å². The van der Waals surface area contributed by atoms with Gasteiger partial charge in [-0.1, -0.05) is 23.8 Å². The first-order valence-electron chi connectivity index (χ1n) is 7.70. The molecule has 0 bridgehead atoms. The molecule has 2 amide bonds. The molecule has 0 aliphatic heterocycles. The van der Waals surface area contributed by atoms with Crippen LogP contribution in [0.25, 0.3) is 0 Å². The molecule has 0 spiro atoms. The lowest BCUT2D eigenvalue weighted by molar-refractivity contribution is -0.130. The van der Waals surface area contributed by atoms with Crippen LogP contribution in [0.1, 0.15) is 27.2 Å².